The number of aryl methyl sites for hydroxylation is 2. The number of fused-ring (bicyclic) bond motifs is 1. The summed E-state index contributed by atoms with van der Waals surface area (Å²) >= 11 is 5.83. The van der Waals surface area contributed by atoms with E-state index in [9.17, 15) is 25.2 Å². The van der Waals surface area contributed by atoms with Gasteiger partial charge in [0.15, 0.2) is 28.4 Å². The molecule has 16 heteroatoms. The number of aliphatic imine (C=N–C) groups is 1. The quantitative estimate of drug-likeness (QED) is 0.0351. The number of nitrogens with two attached hydrogens (primary N) is 3. The Balaban J connectivity index is 1.22. The average molecular weight is 753 g/mol. The van der Waals surface area contributed by atoms with Crippen molar-refractivity contribution in [2.45, 2.75) is 56.5 Å². The third-order valence-electron chi connectivity index (χ3n) is 8.64. The van der Waals surface area contributed by atoms with Crippen molar-refractivity contribution in [3.8, 4) is 5.75 Å². The number of unbranched alkanes of at least 4 members (excludes halogenated alkanes) is 1. The molecule has 12 N–H and O–H groups in total. The predicted molar refractivity (Wildman–Crippen MR) is 205 cm³/mol. The number of nitrogens with one attached hydrogen (secondary N) is 1. The molecule has 0 aliphatic carbocycles. The summed E-state index contributed by atoms with van der Waals surface area (Å²) in [6.45, 7) is 0.997. The Morgan fingerprint density at radius 1 is 0.849 bits per heavy atom. The highest BCUT2D eigenvalue weighted by Gasteiger charge is 2.31. The van der Waals surface area contributed by atoms with Crippen molar-refractivity contribution in [1.82, 2.24) is 20.2 Å². The lowest BCUT2D eigenvalue weighted by Crippen LogP contribution is -2.50. The molecule has 3 aromatic carbocycles. The summed E-state index contributed by atoms with van der Waals surface area (Å²) < 4.78 is 6.00. The number of carbonyl (C=O) groups excluding carboxylic acids is 1. The molecule has 0 radical (unpaired) electrons. The van der Waals surface area contributed by atoms with Crippen LogP contribution in [0.3, 0.4) is 0 Å². The summed E-state index contributed by atoms with van der Waals surface area (Å²) in [6, 6.07) is 22.3. The number of halogens is 1. The van der Waals surface area contributed by atoms with Gasteiger partial charge in [-0.2, -0.15) is 0 Å². The third-order valence-corrected chi connectivity index (χ3v) is 8.92. The first-order chi connectivity index (χ1) is 25.4. The summed E-state index contributed by atoms with van der Waals surface area (Å²) in [5.41, 5.74) is 19.2. The van der Waals surface area contributed by atoms with Crippen LogP contribution in [-0.4, -0.2) is 116 Å². The number of ether oxygens (including phenoxy) is 1. The van der Waals surface area contributed by atoms with Gasteiger partial charge in [-0.3, -0.25) is 20.0 Å². The van der Waals surface area contributed by atoms with Crippen LogP contribution in [0.25, 0.3) is 10.8 Å². The molecule has 0 saturated carbocycles. The van der Waals surface area contributed by atoms with Crippen LogP contribution in [0.2, 0.25) is 5.15 Å². The van der Waals surface area contributed by atoms with E-state index in [1.165, 1.54) is 16.3 Å². The Bertz CT molecular complexity index is 1800. The normalized spacial score (nSPS) is 14.2. The van der Waals surface area contributed by atoms with E-state index in [1.54, 1.807) is 0 Å². The molecule has 1 aromatic heterocycles. The van der Waals surface area contributed by atoms with Crippen molar-refractivity contribution in [3.05, 3.63) is 88.7 Å². The largest absolute Gasteiger partial charge is 0.492 e. The Kier molecular flexibility index (Phi) is 16.0. The highest BCUT2D eigenvalue weighted by Crippen LogP contribution is 2.19. The Hall–Kier alpha value is -4.61. The van der Waals surface area contributed by atoms with E-state index in [0.29, 0.717) is 32.0 Å². The van der Waals surface area contributed by atoms with Crippen LogP contribution in [0.15, 0.2) is 71.7 Å². The molecule has 1 heterocycles. The molecule has 0 spiro atoms. The molecule has 4 aromatic rings. The number of hydrogen-bond donors (Lipinski definition) is 9. The fourth-order valence-corrected chi connectivity index (χ4v) is 5.77. The summed E-state index contributed by atoms with van der Waals surface area (Å²) in [4.78, 5) is 26.1. The van der Waals surface area contributed by atoms with Gasteiger partial charge in [0.1, 0.15) is 30.7 Å². The number of aromatic nitrogens is 2. The molecule has 0 fully saturated rings. The monoisotopic (exact) mass is 752 g/mol. The summed E-state index contributed by atoms with van der Waals surface area (Å²) in [7, 11) is 0. The van der Waals surface area contributed by atoms with E-state index in [1.807, 2.05) is 41.3 Å². The van der Waals surface area contributed by atoms with Gasteiger partial charge in [0, 0.05) is 19.6 Å². The number of aliphatic hydroxyl groups excluding tert-OH is 5. The van der Waals surface area contributed by atoms with Gasteiger partial charge in [0.05, 0.1) is 12.7 Å². The lowest BCUT2D eigenvalue weighted by atomic mass is 10.0. The third kappa shape index (κ3) is 12.8. The number of nitrogens with zero attached hydrogens (tertiary/aromatic N) is 4. The Labute approximate surface area is 313 Å². The van der Waals surface area contributed by atoms with E-state index in [0.717, 1.165) is 37.7 Å². The Morgan fingerprint density at radius 3 is 2.26 bits per heavy atom. The van der Waals surface area contributed by atoms with E-state index >= 15 is 0 Å². The molecule has 1 amide bonds. The summed E-state index contributed by atoms with van der Waals surface area (Å²) in [5.74, 6) is -0.370. The zero-order valence-electron chi connectivity index (χ0n) is 29.4. The smallest absolute Gasteiger partial charge is 0.280 e. The second-order valence-electron chi connectivity index (χ2n) is 12.7. The van der Waals surface area contributed by atoms with Crippen molar-refractivity contribution in [2.75, 3.05) is 50.9 Å². The molecule has 0 aliphatic heterocycles. The van der Waals surface area contributed by atoms with Gasteiger partial charge in [0.25, 0.3) is 5.91 Å². The highest BCUT2D eigenvalue weighted by molar-refractivity contribution is 6.31. The maximum atomic E-state index is 12.4. The van der Waals surface area contributed by atoms with Gasteiger partial charge in [0.2, 0.25) is 0 Å². The number of aliphatic hydroxyl groups is 5. The lowest BCUT2D eigenvalue weighted by Gasteiger charge is -2.30. The van der Waals surface area contributed by atoms with Crippen LogP contribution in [0.1, 0.15) is 40.9 Å². The molecule has 4 rings (SSSR count). The van der Waals surface area contributed by atoms with Crippen molar-refractivity contribution in [2.24, 2.45) is 10.7 Å². The van der Waals surface area contributed by atoms with Crippen LogP contribution >= 0.6 is 11.6 Å². The molecule has 0 saturated heterocycles. The molecule has 0 aliphatic rings. The highest BCUT2D eigenvalue weighted by atomic mass is 35.5. The van der Waals surface area contributed by atoms with Gasteiger partial charge in [-0.25, -0.2) is 9.97 Å². The van der Waals surface area contributed by atoms with Gasteiger partial charge in [-0.05, 0) is 72.7 Å². The van der Waals surface area contributed by atoms with Crippen LogP contribution < -0.4 is 27.3 Å². The van der Waals surface area contributed by atoms with Crippen molar-refractivity contribution in [3.63, 3.8) is 0 Å². The molecule has 0 bridgehead atoms. The number of anilines is 2. The molecular formula is C37H49ClN8O7. The van der Waals surface area contributed by atoms with Crippen molar-refractivity contribution >= 4 is 45.9 Å². The van der Waals surface area contributed by atoms with Gasteiger partial charge >= 0.3 is 0 Å². The molecule has 0 unspecified atom stereocenters. The predicted octanol–water partition coefficient (Wildman–Crippen LogP) is 1.26. The first-order valence-corrected chi connectivity index (χ1v) is 17.8. The zero-order valence-corrected chi connectivity index (χ0v) is 30.1. The number of benzene rings is 3. The number of guanidine groups is 1. The Morgan fingerprint density at radius 2 is 1.53 bits per heavy atom. The maximum Gasteiger partial charge on any atom is 0.280 e. The van der Waals surface area contributed by atoms with Crippen LogP contribution in [0.4, 0.5) is 11.6 Å². The standard InChI is InChI=1S/C37H49ClN8O7/c38-33-35(40)44-34(39)30(43-33)36(52)45-37(41)42-16-4-3-6-23-11-14-27(15-12-23)53-19-18-46(21-28(48)31(50)32(51)29(49)22-47)17-5-7-24-10-13-25-8-1-2-9-26(25)20-24/h1-2,8-15,20,28-29,31-32,47-51H,3-7,16-19,21-22H2,(H4,39,40,44)(H3,41,42,45,52)/t28-,29+,31+,32+/m1/s1. The summed E-state index contributed by atoms with van der Waals surface area (Å²) in [6.07, 6.45) is -2.37. The number of amides is 1. The minimum absolute atomic E-state index is 0.0270. The molecule has 15 nitrogen and oxygen atoms in total. The second kappa shape index (κ2) is 20.6. The van der Waals surface area contributed by atoms with Crippen LogP contribution in [0.5, 0.6) is 5.75 Å². The fourth-order valence-electron chi connectivity index (χ4n) is 5.64. The fraction of sp³-hybridized carbons (Fsp3) is 0.405. The van der Waals surface area contributed by atoms with Crippen molar-refractivity contribution < 1.29 is 35.1 Å². The zero-order chi connectivity index (χ0) is 38.3. The topological polar surface area (TPSA) is 259 Å². The first-order valence-electron chi connectivity index (χ1n) is 17.4. The van der Waals surface area contributed by atoms with E-state index < -0.39 is 36.9 Å². The molecule has 4 atom stereocenters. The SMILES string of the molecule is NC(=NCCCCc1ccc(OCCN(CCCc2ccc3ccccc3c2)C[C@@H](O)[C@H](O)[C@@H](O)[C@@H](O)CO)cc1)NC(=O)c1nc(Cl)c(N)nc1N. The van der Waals surface area contributed by atoms with Gasteiger partial charge < -0.3 is 47.5 Å². The number of rotatable bonds is 20. The summed E-state index contributed by atoms with van der Waals surface area (Å²) in [5, 5.41) is 54.7. The number of nitrogen functional groups attached to an aromatic ring is 2. The molecular weight excluding hydrogens is 704 g/mol. The van der Waals surface area contributed by atoms with Crippen molar-refractivity contribution in [1.29, 1.82) is 0 Å². The molecule has 286 valence electrons. The van der Waals surface area contributed by atoms with E-state index in [4.69, 9.17) is 38.6 Å². The maximum absolute atomic E-state index is 12.4. The average Bonchev–Trinajstić information content (AvgIpc) is 3.15. The second-order valence-corrected chi connectivity index (χ2v) is 13.0. The first kappa shape index (κ1) is 41.2. The number of hydrogen-bond acceptors (Lipinski definition) is 13. The minimum Gasteiger partial charge on any atom is -0.492 e. The lowest BCUT2D eigenvalue weighted by molar-refractivity contribution is -0.119. The van der Waals surface area contributed by atoms with Crippen LogP contribution in [0, 0.1) is 0 Å². The minimum atomic E-state index is -1.69. The van der Waals surface area contributed by atoms with E-state index in [2.05, 4.69) is 50.6 Å². The van der Waals surface area contributed by atoms with Crippen LogP contribution in [-0.2, 0) is 12.8 Å². The number of carbonyl (C=O) groups is 1. The van der Waals surface area contributed by atoms with Gasteiger partial charge in [-0.1, -0.05) is 66.2 Å². The van der Waals surface area contributed by atoms with E-state index in [-0.39, 0.29) is 35.0 Å². The molecule has 53 heavy (non-hydrogen) atoms. The van der Waals surface area contributed by atoms with Gasteiger partial charge in [-0.15, -0.1) is 0 Å².